The minimum Gasteiger partial charge on any atom is -0.490 e. The molecule has 6 heteroatoms. The average Bonchev–Trinajstić information content (AvgIpc) is 2.43. The van der Waals surface area contributed by atoms with Crippen LogP contribution in [0.25, 0.3) is 0 Å². The number of aliphatic imine (C=N–C) groups is 1. The van der Waals surface area contributed by atoms with Crippen molar-refractivity contribution < 1.29 is 4.74 Å². The molecule has 5 nitrogen and oxygen atoms in total. The van der Waals surface area contributed by atoms with Gasteiger partial charge in [-0.1, -0.05) is 6.92 Å². The first-order valence-corrected chi connectivity index (χ1v) is 6.26. The third-order valence-electron chi connectivity index (χ3n) is 2.52. The first-order chi connectivity index (χ1) is 8.76. The van der Waals surface area contributed by atoms with E-state index in [1.807, 2.05) is 12.1 Å². The van der Waals surface area contributed by atoms with Crippen molar-refractivity contribution in [2.24, 2.45) is 4.99 Å². The lowest BCUT2D eigenvalue weighted by atomic mass is 10.3. The first kappa shape index (κ1) is 17.9. The summed E-state index contributed by atoms with van der Waals surface area (Å²) in [6.45, 7) is 5.54. The third-order valence-corrected chi connectivity index (χ3v) is 2.52. The number of hydrogen-bond acceptors (Lipinski definition) is 3. The normalized spacial score (nSPS) is 12.3. The molecule has 0 aliphatic heterocycles. The summed E-state index contributed by atoms with van der Waals surface area (Å²) in [6.07, 6.45) is 4.49. The molecule has 2 N–H and O–H groups in total. The number of halogens is 1. The summed E-state index contributed by atoms with van der Waals surface area (Å²) in [5.74, 6) is 1.59. The molecule has 0 aliphatic rings. The SMILES string of the molecule is CCC(C)NC(=NC)NCCOc1cccnc1.I. The highest BCUT2D eigenvalue weighted by atomic mass is 127. The van der Waals surface area contributed by atoms with E-state index in [2.05, 4.69) is 34.5 Å². The number of nitrogens with zero attached hydrogens (tertiary/aromatic N) is 2. The van der Waals surface area contributed by atoms with Gasteiger partial charge in [0.15, 0.2) is 5.96 Å². The zero-order valence-electron chi connectivity index (χ0n) is 11.7. The van der Waals surface area contributed by atoms with E-state index in [1.54, 1.807) is 19.4 Å². The molecule has 1 atom stereocenters. The number of pyridine rings is 1. The van der Waals surface area contributed by atoms with E-state index < -0.39 is 0 Å². The number of ether oxygens (including phenoxy) is 1. The Morgan fingerprint density at radius 1 is 1.53 bits per heavy atom. The van der Waals surface area contributed by atoms with Crippen molar-refractivity contribution in [3.8, 4) is 5.75 Å². The van der Waals surface area contributed by atoms with Crippen LogP contribution in [0.3, 0.4) is 0 Å². The van der Waals surface area contributed by atoms with E-state index in [-0.39, 0.29) is 24.0 Å². The predicted molar refractivity (Wildman–Crippen MR) is 89.4 cm³/mol. The number of aromatic nitrogens is 1. The van der Waals surface area contributed by atoms with E-state index in [9.17, 15) is 0 Å². The molecule has 0 radical (unpaired) electrons. The minimum atomic E-state index is 0. The van der Waals surface area contributed by atoms with Crippen LogP contribution in [0.1, 0.15) is 20.3 Å². The van der Waals surface area contributed by atoms with Crippen LogP contribution in [0.5, 0.6) is 5.75 Å². The predicted octanol–water partition coefficient (Wildman–Crippen LogP) is 2.04. The van der Waals surface area contributed by atoms with Crippen molar-refractivity contribution in [3.05, 3.63) is 24.5 Å². The fourth-order valence-corrected chi connectivity index (χ4v) is 1.30. The molecule has 0 spiro atoms. The summed E-state index contributed by atoms with van der Waals surface area (Å²) < 4.78 is 5.52. The minimum absolute atomic E-state index is 0. The van der Waals surface area contributed by atoms with Gasteiger partial charge in [0, 0.05) is 19.3 Å². The van der Waals surface area contributed by atoms with Gasteiger partial charge in [-0.05, 0) is 25.5 Å². The van der Waals surface area contributed by atoms with Crippen molar-refractivity contribution in [2.45, 2.75) is 26.3 Å². The highest BCUT2D eigenvalue weighted by Crippen LogP contribution is 2.04. The maximum Gasteiger partial charge on any atom is 0.191 e. The molecular weight excluding hydrogens is 355 g/mol. The number of rotatable bonds is 6. The second kappa shape index (κ2) is 10.8. The molecule has 1 aromatic heterocycles. The molecule has 1 heterocycles. The van der Waals surface area contributed by atoms with E-state index in [0.717, 1.165) is 18.1 Å². The van der Waals surface area contributed by atoms with E-state index in [4.69, 9.17) is 4.74 Å². The Kier molecular flexibility index (Phi) is 10.2. The zero-order valence-corrected chi connectivity index (χ0v) is 14.0. The summed E-state index contributed by atoms with van der Waals surface area (Å²) in [6, 6.07) is 4.15. The van der Waals surface area contributed by atoms with Crippen LogP contribution in [0.15, 0.2) is 29.5 Å². The molecule has 19 heavy (non-hydrogen) atoms. The maximum absolute atomic E-state index is 5.52. The van der Waals surface area contributed by atoms with Gasteiger partial charge < -0.3 is 15.4 Å². The van der Waals surface area contributed by atoms with Gasteiger partial charge in [-0.25, -0.2) is 0 Å². The number of hydrogen-bond donors (Lipinski definition) is 2. The molecule has 0 saturated heterocycles. The van der Waals surface area contributed by atoms with Crippen LogP contribution in [-0.4, -0.2) is 37.2 Å². The topological polar surface area (TPSA) is 58.5 Å². The van der Waals surface area contributed by atoms with E-state index >= 15 is 0 Å². The van der Waals surface area contributed by atoms with Crippen LogP contribution in [-0.2, 0) is 0 Å². The van der Waals surface area contributed by atoms with Crippen molar-refractivity contribution in [1.82, 2.24) is 15.6 Å². The van der Waals surface area contributed by atoms with E-state index in [1.165, 1.54) is 0 Å². The average molecular weight is 378 g/mol. The Morgan fingerprint density at radius 3 is 2.89 bits per heavy atom. The van der Waals surface area contributed by atoms with Crippen LogP contribution in [0.2, 0.25) is 0 Å². The molecule has 0 aliphatic carbocycles. The molecular formula is C13H23IN4O. The third kappa shape index (κ3) is 7.86. The summed E-state index contributed by atoms with van der Waals surface area (Å²) >= 11 is 0. The van der Waals surface area contributed by atoms with Gasteiger partial charge in [-0.2, -0.15) is 0 Å². The Balaban J connectivity index is 0.00000324. The number of nitrogens with one attached hydrogen (secondary N) is 2. The van der Waals surface area contributed by atoms with Gasteiger partial charge in [0.1, 0.15) is 12.4 Å². The van der Waals surface area contributed by atoms with Crippen LogP contribution in [0.4, 0.5) is 0 Å². The Bertz CT molecular complexity index is 359. The van der Waals surface area contributed by atoms with Crippen molar-refractivity contribution in [3.63, 3.8) is 0 Å². The summed E-state index contributed by atoms with van der Waals surface area (Å²) in [5.41, 5.74) is 0. The fraction of sp³-hybridized carbons (Fsp3) is 0.538. The molecule has 0 saturated carbocycles. The quantitative estimate of drug-likeness (QED) is 0.344. The lowest BCUT2D eigenvalue weighted by molar-refractivity contribution is 0.320. The van der Waals surface area contributed by atoms with Crippen LogP contribution >= 0.6 is 24.0 Å². The van der Waals surface area contributed by atoms with Gasteiger partial charge in [-0.3, -0.25) is 9.98 Å². The second-order valence-corrected chi connectivity index (χ2v) is 3.99. The van der Waals surface area contributed by atoms with Crippen molar-refractivity contribution in [2.75, 3.05) is 20.2 Å². The van der Waals surface area contributed by atoms with Crippen LogP contribution in [0, 0.1) is 0 Å². The van der Waals surface area contributed by atoms with Gasteiger partial charge in [-0.15, -0.1) is 24.0 Å². The smallest absolute Gasteiger partial charge is 0.191 e. The monoisotopic (exact) mass is 378 g/mol. The van der Waals surface area contributed by atoms with Gasteiger partial charge >= 0.3 is 0 Å². The molecule has 0 bridgehead atoms. The highest BCUT2D eigenvalue weighted by molar-refractivity contribution is 14.0. The van der Waals surface area contributed by atoms with Crippen LogP contribution < -0.4 is 15.4 Å². The standard InChI is InChI=1S/C13H22N4O.HI/c1-4-11(2)17-13(14-3)16-8-9-18-12-6-5-7-15-10-12;/h5-7,10-11H,4,8-9H2,1-3H3,(H2,14,16,17);1H. The molecule has 1 unspecified atom stereocenters. The molecule has 1 aromatic rings. The number of guanidine groups is 1. The Labute approximate surface area is 132 Å². The van der Waals surface area contributed by atoms with Crippen molar-refractivity contribution in [1.29, 1.82) is 0 Å². The summed E-state index contributed by atoms with van der Waals surface area (Å²) in [5, 5.41) is 6.48. The lowest BCUT2D eigenvalue weighted by Crippen LogP contribution is -2.43. The van der Waals surface area contributed by atoms with Gasteiger partial charge in [0.2, 0.25) is 0 Å². The zero-order chi connectivity index (χ0) is 13.2. The van der Waals surface area contributed by atoms with Gasteiger partial charge in [0.25, 0.3) is 0 Å². The molecule has 0 amide bonds. The second-order valence-electron chi connectivity index (χ2n) is 3.99. The Hall–Kier alpha value is -1.05. The largest absolute Gasteiger partial charge is 0.490 e. The van der Waals surface area contributed by atoms with Crippen molar-refractivity contribution >= 4 is 29.9 Å². The van der Waals surface area contributed by atoms with Gasteiger partial charge in [0.05, 0.1) is 12.7 Å². The molecule has 108 valence electrons. The maximum atomic E-state index is 5.52. The molecule has 1 rings (SSSR count). The molecule has 0 aromatic carbocycles. The first-order valence-electron chi connectivity index (χ1n) is 6.26. The fourth-order valence-electron chi connectivity index (χ4n) is 1.30. The lowest BCUT2D eigenvalue weighted by Gasteiger charge is -2.16. The summed E-state index contributed by atoms with van der Waals surface area (Å²) in [7, 11) is 1.76. The molecule has 0 fully saturated rings. The summed E-state index contributed by atoms with van der Waals surface area (Å²) in [4.78, 5) is 8.13. The highest BCUT2D eigenvalue weighted by Gasteiger charge is 2.01. The van der Waals surface area contributed by atoms with E-state index in [0.29, 0.717) is 19.2 Å². The Morgan fingerprint density at radius 2 is 2.32 bits per heavy atom.